The van der Waals surface area contributed by atoms with E-state index in [-0.39, 0.29) is 21.1 Å². The van der Waals surface area contributed by atoms with E-state index < -0.39 is 8.60 Å². The molecular weight excluding hydrogens is 439 g/mol. The van der Waals surface area contributed by atoms with Crippen molar-refractivity contribution in [2.45, 2.75) is 0 Å². The van der Waals surface area contributed by atoms with Crippen molar-refractivity contribution in [2.75, 3.05) is 21.3 Å². The van der Waals surface area contributed by atoms with Crippen LogP contribution in [-0.4, -0.2) is 21.3 Å². The zero-order chi connectivity index (χ0) is 15.7. The fraction of sp³-hybridized carbons (Fsp3) is 0.375. The van der Waals surface area contributed by atoms with Crippen molar-refractivity contribution in [1.82, 2.24) is 0 Å². The van der Waals surface area contributed by atoms with Crippen molar-refractivity contribution in [1.29, 1.82) is 0 Å². The first-order chi connectivity index (χ1) is 8.35. The molecule has 0 radical (unpaired) electrons. The Hall–Kier alpha value is -0.302. The molecule has 0 heterocycles. The van der Waals surface area contributed by atoms with E-state index in [0.29, 0.717) is 0 Å². The Kier molecular flexibility index (Phi) is 304. The summed E-state index contributed by atoms with van der Waals surface area (Å²) in [5.41, 5.74) is 0. The van der Waals surface area contributed by atoms with Gasteiger partial charge in [0.25, 0.3) is 0 Å². The quantitative estimate of drug-likeness (QED) is 0.358. The van der Waals surface area contributed by atoms with Crippen molar-refractivity contribution < 1.29 is 57.9 Å². The van der Waals surface area contributed by atoms with Crippen LogP contribution in [-0.2, 0) is 57.9 Å². The zero-order valence-electron chi connectivity index (χ0n) is 9.67. The molecule has 0 aromatic heterocycles. The van der Waals surface area contributed by atoms with E-state index in [1.54, 1.807) is 21.3 Å². The van der Waals surface area contributed by atoms with Crippen LogP contribution in [0.5, 0.6) is 0 Å². The third kappa shape index (κ3) is 104. The average Bonchev–Trinajstić information content (AvgIpc) is 2.51. The maximum atomic E-state index is 7.50. The van der Waals surface area contributed by atoms with Crippen molar-refractivity contribution in [2.24, 2.45) is 0 Å². The minimum absolute atomic E-state index is 0. The first-order valence-corrected chi connectivity index (χ1v) is 4.08. The van der Waals surface area contributed by atoms with Crippen LogP contribution < -0.4 is 0 Å². The smallest absolute Gasteiger partial charge is 0 e. The van der Waals surface area contributed by atoms with Gasteiger partial charge in [0.15, 0.2) is 0 Å². The summed E-state index contributed by atoms with van der Waals surface area (Å²) in [4.78, 5) is 0. The van der Waals surface area contributed by atoms with Gasteiger partial charge in [-0.2, -0.15) is 13.6 Å². The van der Waals surface area contributed by atoms with Crippen molar-refractivity contribution in [3.05, 3.63) is 33.3 Å². The number of hydrogen-bond acceptors (Lipinski definition) is 3. The van der Waals surface area contributed by atoms with Crippen LogP contribution in [0.3, 0.4) is 0 Å². The van der Waals surface area contributed by atoms with Crippen LogP contribution in [0.25, 0.3) is 0 Å². The minimum atomic E-state index is -1.36. The molecule has 0 atom stereocenters. The Morgan fingerprint density at radius 3 is 0.667 bits per heavy atom. The summed E-state index contributed by atoms with van der Waals surface area (Å²) in [6, 6.07) is 0. The molecule has 0 aliphatic rings. The van der Waals surface area contributed by atoms with E-state index in [2.05, 4.69) is 33.3 Å². The molecule has 0 aliphatic heterocycles. The standard InChI is InChI=1S/C3H10O3P.5CO.W/c1-4-7(5-2)6-3;5*1-2;/h7H,1-3H3;;;;;;/q+1;;;;;;. The Bertz CT molecular complexity index is 143. The summed E-state index contributed by atoms with van der Waals surface area (Å²) in [6.45, 7) is 22.5. The van der Waals surface area contributed by atoms with E-state index in [9.17, 15) is 0 Å². The molecule has 0 aliphatic carbocycles. The molecule has 0 unspecified atom stereocenters. The molecule has 0 rings (SSSR count). The van der Waals surface area contributed by atoms with Crippen LogP contribution in [0.4, 0.5) is 0 Å². The van der Waals surface area contributed by atoms with Gasteiger partial charge in [-0.15, -0.1) is 0 Å². The van der Waals surface area contributed by atoms with Gasteiger partial charge in [0.2, 0.25) is 0 Å². The van der Waals surface area contributed by atoms with Gasteiger partial charge >= 0.3 is 65.1 Å². The first kappa shape index (κ1) is 43.1. The summed E-state index contributed by atoms with van der Waals surface area (Å²) in [7, 11) is 3.31. The molecule has 0 saturated heterocycles. The topological polar surface area (TPSA) is 127 Å². The normalized spacial score (nSPS) is 4.56. The van der Waals surface area contributed by atoms with Crippen LogP contribution in [0.2, 0.25) is 0 Å². The Labute approximate surface area is 121 Å². The summed E-state index contributed by atoms with van der Waals surface area (Å²) in [5, 5.41) is 0. The predicted octanol–water partition coefficient (Wildman–Crippen LogP) is 0.695. The largest absolute Gasteiger partial charge is 0 e. The monoisotopic (exact) mass is 449 g/mol. The SMILES string of the molecule is CO[PH+](OC)OC.[C-]#[O+].[C-]#[O+].[C-]#[O+].[C-]#[O+].[C-]#[O+].[W]. The number of hydrogen-bond donors (Lipinski definition) is 0. The van der Waals surface area contributed by atoms with Gasteiger partial charge in [0.05, 0.1) is 21.3 Å². The van der Waals surface area contributed by atoms with Crippen LogP contribution in [0.15, 0.2) is 0 Å². The van der Waals surface area contributed by atoms with Crippen LogP contribution >= 0.6 is 8.60 Å². The molecule has 18 heavy (non-hydrogen) atoms. The van der Waals surface area contributed by atoms with E-state index in [0.717, 1.165) is 0 Å². The fourth-order valence-corrected chi connectivity index (χ4v) is 0.750. The van der Waals surface area contributed by atoms with E-state index in [4.69, 9.17) is 36.8 Å². The number of rotatable bonds is 3. The molecule has 0 N–H and O–H groups in total. The van der Waals surface area contributed by atoms with Crippen molar-refractivity contribution in [3.63, 3.8) is 0 Å². The Morgan fingerprint density at radius 2 is 0.667 bits per heavy atom. The van der Waals surface area contributed by atoms with Gasteiger partial charge in [-0.3, -0.25) is 0 Å². The Balaban J connectivity index is -0.0000000189. The van der Waals surface area contributed by atoms with E-state index in [1.165, 1.54) is 0 Å². The Morgan fingerprint density at radius 1 is 0.556 bits per heavy atom. The third-order valence-corrected chi connectivity index (χ3v) is 1.50. The molecule has 0 aromatic carbocycles. The van der Waals surface area contributed by atoms with Gasteiger partial charge in [0.1, 0.15) is 0 Å². The van der Waals surface area contributed by atoms with Gasteiger partial charge in [-0.1, -0.05) is 0 Å². The second-order valence-corrected chi connectivity index (χ2v) is 2.59. The van der Waals surface area contributed by atoms with Crippen molar-refractivity contribution >= 4 is 8.60 Å². The molecule has 100 valence electrons. The summed E-state index contributed by atoms with van der Waals surface area (Å²) in [6.07, 6.45) is 0. The van der Waals surface area contributed by atoms with Gasteiger partial charge in [-0.25, -0.2) is 0 Å². The predicted molar refractivity (Wildman–Crippen MR) is 49.0 cm³/mol. The molecule has 0 aromatic rings. The second kappa shape index (κ2) is 127. The molecular formula is C8H10O8PW+. The van der Waals surface area contributed by atoms with E-state index >= 15 is 0 Å². The molecule has 0 amide bonds. The molecule has 0 saturated carbocycles. The molecule has 0 spiro atoms. The van der Waals surface area contributed by atoms with Crippen LogP contribution in [0, 0.1) is 33.3 Å². The minimum Gasteiger partial charge on any atom is 0 e. The summed E-state index contributed by atoms with van der Waals surface area (Å²) < 4.78 is 51.6. The molecule has 8 nitrogen and oxygen atoms in total. The van der Waals surface area contributed by atoms with Gasteiger partial charge < -0.3 is 0 Å². The molecule has 10 heteroatoms. The van der Waals surface area contributed by atoms with E-state index in [1.807, 2.05) is 0 Å². The van der Waals surface area contributed by atoms with Gasteiger partial charge in [0, 0.05) is 21.1 Å². The average molecular weight is 449 g/mol. The molecule has 0 fully saturated rings. The molecule has 0 bridgehead atoms. The third-order valence-electron chi connectivity index (χ3n) is 0.500. The first-order valence-electron chi connectivity index (χ1n) is 2.86. The second-order valence-electron chi connectivity index (χ2n) is 0.862. The summed E-state index contributed by atoms with van der Waals surface area (Å²) >= 11 is 0. The van der Waals surface area contributed by atoms with Crippen LogP contribution in [0.1, 0.15) is 0 Å². The zero-order valence-corrected chi connectivity index (χ0v) is 13.6. The van der Waals surface area contributed by atoms with Gasteiger partial charge in [-0.05, 0) is 0 Å². The maximum Gasteiger partial charge on any atom is 0 e. The maximum absolute atomic E-state index is 7.50. The summed E-state index contributed by atoms with van der Waals surface area (Å²) in [5.74, 6) is 0. The fourth-order valence-electron chi connectivity index (χ4n) is 0.250. The van der Waals surface area contributed by atoms with Crippen molar-refractivity contribution in [3.8, 4) is 0 Å².